The number of halogens is 3. The van der Waals surface area contributed by atoms with E-state index in [1.54, 1.807) is 4.90 Å². The van der Waals surface area contributed by atoms with E-state index in [1.165, 1.54) is 18.2 Å². The van der Waals surface area contributed by atoms with Gasteiger partial charge in [-0.3, -0.25) is 4.79 Å². The Morgan fingerprint density at radius 3 is 2.50 bits per heavy atom. The number of nitrogens with zero attached hydrogens (tertiary/aromatic N) is 1. The van der Waals surface area contributed by atoms with Crippen LogP contribution in [0.15, 0.2) is 36.4 Å². The standard InChI is InChI=1S/C21H21F3N2O3S/c1-30(28,29)25-13-7-8-26(11-13)21(27)17-10-16(17)15-9-12(22)5-6-14(15)20-18(23)3-2-4-19(20)24/h2-6,9,13,16-17,25H,7-8,10-11H2,1H3/t13-,16-,17+/m0/s1. The van der Waals surface area contributed by atoms with Crippen LogP contribution in [-0.4, -0.2) is 44.6 Å². The fourth-order valence-corrected chi connectivity index (χ4v) is 5.03. The molecule has 9 heteroatoms. The Kier molecular flexibility index (Phi) is 5.36. The first-order chi connectivity index (χ1) is 14.1. The van der Waals surface area contributed by atoms with Crippen LogP contribution in [0.5, 0.6) is 0 Å². The summed E-state index contributed by atoms with van der Waals surface area (Å²) in [6.45, 7) is 0.695. The maximum absolute atomic E-state index is 14.3. The molecule has 30 heavy (non-hydrogen) atoms. The normalized spacial score (nSPS) is 23.6. The number of hydrogen-bond acceptors (Lipinski definition) is 3. The lowest BCUT2D eigenvalue weighted by atomic mass is 9.94. The van der Waals surface area contributed by atoms with E-state index in [-0.39, 0.29) is 35.5 Å². The van der Waals surface area contributed by atoms with E-state index in [2.05, 4.69) is 4.72 Å². The van der Waals surface area contributed by atoms with Gasteiger partial charge >= 0.3 is 0 Å². The quantitative estimate of drug-likeness (QED) is 0.781. The number of carbonyl (C=O) groups excluding carboxylic acids is 1. The van der Waals surface area contributed by atoms with Gasteiger partial charge in [-0.15, -0.1) is 0 Å². The van der Waals surface area contributed by atoms with Crippen LogP contribution in [0.4, 0.5) is 13.2 Å². The SMILES string of the molecule is CS(=O)(=O)N[C@H]1CCN(C(=O)[C@@H]2C[C@H]2c2cc(F)ccc2-c2c(F)cccc2F)C1. The van der Waals surface area contributed by atoms with Crippen LogP contribution in [0.1, 0.15) is 24.3 Å². The number of nitrogens with one attached hydrogen (secondary N) is 1. The molecular weight excluding hydrogens is 417 g/mol. The topological polar surface area (TPSA) is 66.5 Å². The number of amides is 1. The first kappa shape index (κ1) is 20.9. The van der Waals surface area contributed by atoms with Crippen molar-refractivity contribution in [3.8, 4) is 11.1 Å². The molecule has 5 nitrogen and oxygen atoms in total. The third-order valence-electron chi connectivity index (χ3n) is 5.63. The molecule has 0 spiro atoms. The zero-order valence-electron chi connectivity index (χ0n) is 16.2. The van der Waals surface area contributed by atoms with Crippen molar-refractivity contribution in [2.75, 3.05) is 19.3 Å². The van der Waals surface area contributed by atoms with Gasteiger partial charge in [-0.25, -0.2) is 26.3 Å². The van der Waals surface area contributed by atoms with Crippen molar-refractivity contribution in [2.24, 2.45) is 5.92 Å². The van der Waals surface area contributed by atoms with Crippen LogP contribution < -0.4 is 4.72 Å². The van der Waals surface area contributed by atoms with Gasteiger partial charge in [0, 0.05) is 25.0 Å². The molecule has 0 unspecified atom stereocenters. The van der Waals surface area contributed by atoms with Crippen molar-refractivity contribution in [3.05, 3.63) is 59.4 Å². The van der Waals surface area contributed by atoms with E-state index in [9.17, 15) is 26.4 Å². The monoisotopic (exact) mass is 438 g/mol. The molecule has 160 valence electrons. The van der Waals surface area contributed by atoms with Gasteiger partial charge in [-0.05, 0) is 54.2 Å². The van der Waals surface area contributed by atoms with Gasteiger partial charge in [0.1, 0.15) is 17.5 Å². The average molecular weight is 438 g/mol. The number of hydrogen-bond donors (Lipinski definition) is 1. The van der Waals surface area contributed by atoms with E-state index in [1.807, 2.05) is 0 Å². The summed E-state index contributed by atoms with van der Waals surface area (Å²) in [5.74, 6) is -2.95. The van der Waals surface area contributed by atoms with Gasteiger partial charge in [0.25, 0.3) is 0 Å². The third kappa shape index (κ3) is 4.22. The van der Waals surface area contributed by atoms with Crippen LogP contribution >= 0.6 is 0 Å². The molecule has 1 saturated carbocycles. The smallest absolute Gasteiger partial charge is 0.226 e. The minimum Gasteiger partial charge on any atom is -0.341 e. The summed E-state index contributed by atoms with van der Waals surface area (Å²) < 4.78 is 67.9. The molecule has 3 atom stereocenters. The Morgan fingerprint density at radius 1 is 1.13 bits per heavy atom. The summed E-state index contributed by atoms with van der Waals surface area (Å²) in [5, 5.41) is 0. The third-order valence-corrected chi connectivity index (χ3v) is 6.39. The largest absolute Gasteiger partial charge is 0.341 e. The van der Waals surface area contributed by atoms with Crippen molar-refractivity contribution in [1.82, 2.24) is 9.62 Å². The zero-order valence-corrected chi connectivity index (χ0v) is 17.1. The summed E-state index contributed by atoms with van der Waals surface area (Å²) in [4.78, 5) is 14.5. The molecule has 0 bridgehead atoms. The fraction of sp³-hybridized carbons (Fsp3) is 0.381. The zero-order chi connectivity index (χ0) is 21.6. The maximum atomic E-state index is 14.3. The molecule has 1 saturated heterocycles. The molecule has 1 aliphatic heterocycles. The Balaban J connectivity index is 1.55. The highest BCUT2D eigenvalue weighted by Crippen LogP contribution is 2.52. The van der Waals surface area contributed by atoms with Crippen LogP contribution in [0.25, 0.3) is 11.1 Å². The molecule has 2 aliphatic rings. The Hall–Kier alpha value is -2.39. The van der Waals surface area contributed by atoms with Crippen molar-refractivity contribution in [1.29, 1.82) is 0 Å². The van der Waals surface area contributed by atoms with Gasteiger partial charge < -0.3 is 4.90 Å². The fourth-order valence-electron chi connectivity index (χ4n) is 4.23. The summed E-state index contributed by atoms with van der Waals surface area (Å²) in [5.41, 5.74) is 0.414. The van der Waals surface area contributed by atoms with E-state index in [0.29, 0.717) is 24.9 Å². The highest BCUT2D eigenvalue weighted by molar-refractivity contribution is 7.88. The van der Waals surface area contributed by atoms with E-state index in [0.717, 1.165) is 24.5 Å². The highest BCUT2D eigenvalue weighted by Gasteiger charge is 2.48. The molecule has 0 aromatic heterocycles. The first-order valence-electron chi connectivity index (χ1n) is 9.64. The molecule has 1 N–H and O–H groups in total. The summed E-state index contributed by atoms with van der Waals surface area (Å²) in [6, 6.07) is 6.92. The lowest BCUT2D eigenvalue weighted by Gasteiger charge is -2.17. The number of benzene rings is 2. The number of sulfonamides is 1. The lowest BCUT2D eigenvalue weighted by molar-refractivity contribution is -0.131. The first-order valence-corrected chi connectivity index (χ1v) is 11.5. The average Bonchev–Trinajstić information content (AvgIpc) is 3.32. The van der Waals surface area contributed by atoms with Gasteiger partial charge in [-0.2, -0.15) is 0 Å². The number of rotatable bonds is 5. The molecule has 1 heterocycles. The minimum atomic E-state index is -3.36. The molecule has 1 aliphatic carbocycles. The van der Waals surface area contributed by atoms with Gasteiger partial charge in [-0.1, -0.05) is 12.1 Å². The minimum absolute atomic E-state index is 0.151. The maximum Gasteiger partial charge on any atom is 0.226 e. The molecule has 0 radical (unpaired) electrons. The Labute approximate surface area is 172 Å². The predicted octanol–water partition coefficient (Wildman–Crippen LogP) is 3.02. The van der Waals surface area contributed by atoms with Crippen LogP contribution in [0.2, 0.25) is 0 Å². The second-order valence-electron chi connectivity index (χ2n) is 7.94. The molecule has 2 aromatic carbocycles. The second kappa shape index (κ2) is 7.70. The van der Waals surface area contributed by atoms with Gasteiger partial charge in [0.05, 0.1) is 11.8 Å². The van der Waals surface area contributed by atoms with Crippen molar-refractivity contribution >= 4 is 15.9 Å². The van der Waals surface area contributed by atoms with Crippen LogP contribution in [0.3, 0.4) is 0 Å². The van der Waals surface area contributed by atoms with Crippen LogP contribution in [-0.2, 0) is 14.8 Å². The van der Waals surface area contributed by atoms with Crippen molar-refractivity contribution in [2.45, 2.75) is 24.8 Å². The van der Waals surface area contributed by atoms with E-state index in [4.69, 9.17) is 0 Å². The Morgan fingerprint density at radius 2 is 1.83 bits per heavy atom. The molecule has 2 aromatic rings. The number of likely N-dealkylation sites (tertiary alicyclic amines) is 1. The van der Waals surface area contributed by atoms with Gasteiger partial charge in [0.2, 0.25) is 15.9 Å². The van der Waals surface area contributed by atoms with Crippen LogP contribution in [0, 0.1) is 23.4 Å². The van der Waals surface area contributed by atoms with E-state index < -0.39 is 33.4 Å². The number of carbonyl (C=O) groups is 1. The van der Waals surface area contributed by atoms with Crippen molar-refractivity contribution < 1.29 is 26.4 Å². The van der Waals surface area contributed by atoms with Crippen molar-refractivity contribution in [3.63, 3.8) is 0 Å². The molecular formula is C21H21F3N2O3S. The predicted molar refractivity (Wildman–Crippen MR) is 106 cm³/mol. The summed E-state index contributed by atoms with van der Waals surface area (Å²) in [7, 11) is -3.36. The van der Waals surface area contributed by atoms with Gasteiger partial charge in [0.15, 0.2) is 0 Å². The van der Waals surface area contributed by atoms with E-state index >= 15 is 0 Å². The molecule has 4 rings (SSSR count). The Bertz CT molecular complexity index is 1090. The summed E-state index contributed by atoms with van der Waals surface area (Å²) >= 11 is 0. The lowest BCUT2D eigenvalue weighted by Crippen LogP contribution is -2.38. The molecule has 2 fully saturated rings. The highest BCUT2D eigenvalue weighted by atomic mass is 32.2. The second-order valence-corrected chi connectivity index (χ2v) is 9.72. The summed E-state index contributed by atoms with van der Waals surface area (Å²) in [6.07, 6.45) is 2.04. The molecule has 1 amide bonds.